The maximum absolute atomic E-state index is 12.9. The van der Waals surface area contributed by atoms with Crippen LogP contribution < -0.4 is 10.6 Å². The van der Waals surface area contributed by atoms with Crippen molar-refractivity contribution in [2.75, 3.05) is 11.9 Å². The Balaban J connectivity index is 1.50. The molecule has 3 N–H and O–H groups in total. The second kappa shape index (κ2) is 9.90. The van der Waals surface area contributed by atoms with Crippen LogP contribution in [0.1, 0.15) is 37.5 Å². The zero-order valence-corrected chi connectivity index (χ0v) is 20.9. The van der Waals surface area contributed by atoms with E-state index in [2.05, 4.69) is 52.0 Å². The van der Waals surface area contributed by atoms with E-state index < -0.39 is 11.7 Å². The van der Waals surface area contributed by atoms with Crippen LogP contribution in [0.2, 0.25) is 0 Å². The number of anilines is 1. The molecule has 5 rings (SSSR count). The minimum absolute atomic E-state index is 0.145. The zero-order valence-electron chi connectivity index (χ0n) is 20.9. The van der Waals surface area contributed by atoms with Crippen LogP contribution >= 0.6 is 0 Å². The first-order valence-corrected chi connectivity index (χ1v) is 12.4. The van der Waals surface area contributed by atoms with E-state index in [-0.39, 0.29) is 12.1 Å². The summed E-state index contributed by atoms with van der Waals surface area (Å²) in [6, 6.07) is 26.3. The number of carbonyl (C=O) groups is 1. The number of ether oxygens (including phenoxy) is 1. The van der Waals surface area contributed by atoms with E-state index in [0.29, 0.717) is 13.0 Å². The number of benzene rings is 3. The summed E-state index contributed by atoms with van der Waals surface area (Å²) in [6.45, 7) is 6.12. The third-order valence-electron chi connectivity index (χ3n) is 6.32. The number of aliphatic imine (C=N–C) groups is 1. The van der Waals surface area contributed by atoms with Gasteiger partial charge in [0.2, 0.25) is 0 Å². The topological polar surface area (TPSA) is 78.5 Å². The van der Waals surface area contributed by atoms with Gasteiger partial charge in [-0.25, -0.2) is 4.79 Å². The molecular formula is C30H32N4O2. The summed E-state index contributed by atoms with van der Waals surface area (Å²) in [5.74, 6) is 0. The number of nitrogens with zero attached hydrogens (tertiary/aromatic N) is 1. The third kappa shape index (κ3) is 5.28. The van der Waals surface area contributed by atoms with E-state index in [9.17, 15) is 4.79 Å². The molecule has 0 unspecified atom stereocenters. The minimum Gasteiger partial charge on any atom is -0.444 e. The van der Waals surface area contributed by atoms with Gasteiger partial charge in [-0.1, -0.05) is 66.7 Å². The summed E-state index contributed by atoms with van der Waals surface area (Å²) >= 11 is 0. The molecule has 0 spiro atoms. The van der Waals surface area contributed by atoms with E-state index in [1.807, 2.05) is 69.4 Å². The van der Waals surface area contributed by atoms with Crippen molar-refractivity contribution < 1.29 is 9.53 Å². The molecule has 36 heavy (non-hydrogen) atoms. The molecule has 0 bridgehead atoms. The van der Waals surface area contributed by atoms with E-state index >= 15 is 0 Å². The van der Waals surface area contributed by atoms with Crippen molar-refractivity contribution in [1.29, 1.82) is 0 Å². The van der Waals surface area contributed by atoms with Crippen LogP contribution in [0.3, 0.4) is 0 Å². The molecule has 1 aliphatic heterocycles. The first kappa shape index (κ1) is 23.7. The average Bonchev–Trinajstić information content (AvgIpc) is 3.15. The van der Waals surface area contributed by atoms with Gasteiger partial charge in [-0.15, -0.1) is 0 Å². The Morgan fingerprint density at radius 3 is 2.56 bits per heavy atom. The summed E-state index contributed by atoms with van der Waals surface area (Å²) < 4.78 is 5.64. The Hall–Kier alpha value is -4.06. The smallest absolute Gasteiger partial charge is 0.407 e. The van der Waals surface area contributed by atoms with E-state index in [0.717, 1.165) is 39.0 Å². The number of amides is 1. The van der Waals surface area contributed by atoms with Crippen molar-refractivity contribution in [2.24, 2.45) is 4.99 Å². The molecule has 6 nitrogen and oxygen atoms in total. The number of aromatic nitrogens is 1. The number of nitrogens with one attached hydrogen (secondary N) is 3. The van der Waals surface area contributed by atoms with Gasteiger partial charge in [-0.3, -0.25) is 4.99 Å². The Kier molecular flexibility index (Phi) is 6.51. The molecule has 0 aliphatic carbocycles. The molecule has 2 atom stereocenters. The molecule has 0 saturated carbocycles. The maximum atomic E-state index is 12.9. The lowest BCUT2D eigenvalue weighted by atomic mass is 9.98. The van der Waals surface area contributed by atoms with Crippen LogP contribution in [0.4, 0.5) is 10.5 Å². The molecule has 4 aromatic rings. The number of aromatic amines is 1. The fourth-order valence-corrected chi connectivity index (χ4v) is 4.70. The lowest BCUT2D eigenvalue weighted by Gasteiger charge is -2.29. The van der Waals surface area contributed by atoms with Crippen molar-refractivity contribution in [3.63, 3.8) is 0 Å². The molecule has 0 saturated heterocycles. The Morgan fingerprint density at radius 1 is 1.03 bits per heavy atom. The van der Waals surface area contributed by atoms with Crippen molar-refractivity contribution >= 4 is 28.4 Å². The summed E-state index contributed by atoms with van der Waals surface area (Å²) in [7, 11) is 0. The normalized spacial score (nSPS) is 16.3. The van der Waals surface area contributed by atoms with Crippen molar-refractivity contribution in [1.82, 2.24) is 10.3 Å². The molecule has 0 fully saturated rings. The number of rotatable bonds is 5. The highest BCUT2D eigenvalue weighted by Gasteiger charge is 2.29. The number of para-hydroxylation sites is 2. The quantitative estimate of drug-likeness (QED) is 0.331. The fourth-order valence-electron chi connectivity index (χ4n) is 4.70. The molecule has 3 aromatic carbocycles. The largest absolute Gasteiger partial charge is 0.444 e. The number of H-pyrrole nitrogens is 1. The van der Waals surface area contributed by atoms with Gasteiger partial charge in [0.05, 0.1) is 24.3 Å². The van der Waals surface area contributed by atoms with Crippen LogP contribution in [0.15, 0.2) is 90.1 Å². The highest BCUT2D eigenvalue weighted by molar-refractivity contribution is 6.16. The van der Waals surface area contributed by atoms with Gasteiger partial charge in [-0.05, 0) is 44.9 Å². The first-order chi connectivity index (χ1) is 17.4. The van der Waals surface area contributed by atoms with E-state index in [1.54, 1.807) is 0 Å². The number of fused-ring (bicyclic) bond motifs is 2. The summed E-state index contributed by atoms with van der Waals surface area (Å²) in [5, 5.41) is 7.99. The maximum Gasteiger partial charge on any atom is 0.407 e. The van der Waals surface area contributed by atoms with Crippen molar-refractivity contribution in [2.45, 2.75) is 44.9 Å². The highest BCUT2D eigenvalue weighted by Crippen LogP contribution is 2.26. The molecule has 6 heteroatoms. The molecular weight excluding hydrogens is 448 g/mol. The second-order valence-electron chi connectivity index (χ2n) is 10.2. The number of carbonyl (C=O) groups excluding carboxylic acids is 1. The van der Waals surface area contributed by atoms with E-state index in [4.69, 9.17) is 9.73 Å². The van der Waals surface area contributed by atoms with E-state index in [1.165, 1.54) is 0 Å². The average molecular weight is 481 g/mol. The predicted molar refractivity (Wildman–Crippen MR) is 146 cm³/mol. The van der Waals surface area contributed by atoms with Gasteiger partial charge in [-0.2, -0.15) is 0 Å². The first-order valence-electron chi connectivity index (χ1n) is 12.4. The standard InChI is InChI=1S/C30H32N4O2/c1-30(2,3)36-29(35)34-26(17-21-18-31-24-15-9-7-13-22(21)24)27-19-32-28(20-11-5-4-6-12-20)23-14-8-10-16-25(23)33-27/h4-16,18,26-27,31,33H,17,19H2,1-3H3,(H,34,35)/t26-,27-/m0/s1. The number of hydrogen-bond acceptors (Lipinski definition) is 4. The Morgan fingerprint density at radius 2 is 1.75 bits per heavy atom. The Labute approximate surface area is 211 Å². The number of benzodiazepines with no additional fused rings is 1. The molecule has 184 valence electrons. The van der Waals surface area contributed by atoms with Gasteiger partial charge >= 0.3 is 6.09 Å². The molecule has 1 aliphatic rings. The van der Waals surface area contributed by atoms with Gasteiger partial charge < -0.3 is 20.4 Å². The van der Waals surface area contributed by atoms with Gasteiger partial charge in [0.1, 0.15) is 5.60 Å². The number of alkyl carbamates (subject to hydrolysis) is 1. The summed E-state index contributed by atoms with van der Waals surface area (Å²) in [5.41, 5.74) is 5.69. The monoisotopic (exact) mass is 480 g/mol. The Bertz CT molecular complexity index is 1380. The second-order valence-corrected chi connectivity index (χ2v) is 10.2. The van der Waals surface area contributed by atoms with Gasteiger partial charge in [0.15, 0.2) is 0 Å². The molecule has 2 heterocycles. The van der Waals surface area contributed by atoms with Gasteiger partial charge in [0, 0.05) is 33.9 Å². The number of hydrogen-bond donors (Lipinski definition) is 3. The summed E-state index contributed by atoms with van der Waals surface area (Å²) in [4.78, 5) is 21.3. The summed E-state index contributed by atoms with van der Waals surface area (Å²) in [6.07, 6.45) is 2.22. The molecule has 0 radical (unpaired) electrons. The minimum atomic E-state index is -0.586. The lowest BCUT2D eigenvalue weighted by Crippen LogP contribution is -2.50. The third-order valence-corrected chi connectivity index (χ3v) is 6.32. The van der Waals surface area contributed by atoms with Crippen LogP contribution in [0.25, 0.3) is 10.9 Å². The zero-order chi connectivity index (χ0) is 25.1. The lowest BCUT2D eigenvalue weighted by molar-refractivity contribution is 0.0499. The van der Waals surface area contributed by atoms with Crippen LogP contribution in [0.5, 0.6) is 0 Å². The fraction of sp³-hybridized carbons (Fsp3) is 0.267. The van der Waals surface area contributed by atoms with Crippen molar-refractivity contribution in [3.05, 3.63) is 102 Å². The molecule has 1 aromatic heterocycles. The van der Waals surface area contributed by atoms with Gasteiger partial charge in [0.25, 0.3) is 0 Å². The SMILES string of the molecule is CC(C)(C)OC(=O)N[C@@H](Cc1c[nH]c2ccccc12)[C@@H]1CN=C(c2ccccc2)c2ccccc2N1. The van der Waals surface area contributed by atoms with Crippen molar-refractivity contribution in [3.8, 4) is 0 Å². The highest BCUT2D eigenvalue weighted by atomic mass is 16.6. The molecule has 1 amide bonds. The van der Waals surface area contributed by atoms with Crippen LogP contribution in [0, 0.1) is 0 Å². The predicted octanol–water partition coefficient (Wildman–Crippen LogP) is 5.94. The van der Waals surface area contributed by atoms with Crippen LogP contribution in [-0.2, 0) is 11.2 Å². The van der Waals surface area contributed by atoms with Crippen LogP contribution in [-0.4, -0.2) is 41.0 Å².